The van der Waals surface area contributed by atoms with Gasteiger partial charge in [-0.3, -0.25) is 15.0 Å². The zero-order chi connectivity index (χ0) is 17.0. The van der Waals surface area contributed by atoms with E-state index in [-0.39, 0.29) is 17.7 Å². The van der Waals surface area contributed by atoms with Gasteiger partial charge in [-0.2, -0.15) is 0 Å². The minimum atomic E-state index is -0.481. The van der Waals surface area contributed by atoms with E-state index in [0.29, 0.717) is 5.56 Å². The SMILES string of the molecule is Cc1cccc(C(=O)N(NC(=O)C2CCCCC2)C(C)(C)C)c1. The Morgan fingerprint density at radius 1 is 1.13 bits per heavy atom. The molecule has 0 saturated heterocycles. The van der Waals surface area contributed by atoms with E-state index in [2.05, 4.69) is 5.43 Å². The number of carbonyl (C=O) groups excluding carboxylic acids is 2. The summed E-state index contributed by atoms with van der Waals surface area (Å²) in [5.41, 5.74) is 4.04. The van der Waals surface area contributed by atoms with Gasteiger partial charge in [0.05, 0.1) is 5.54 Å². The van der Waals surface area contributed by atoms with Crippen molar-refractivity contribution in [3.05, 3.63) is 35.4 Å². The topological polar surface area (TPSA) is 49.4 Å². The molecule has 2 amide bonds. The molecule has 1 N–H and O–H groups in total. The lowest BCUT2D eigenvalue weighted by Gasteiger charge is -2.37. The summed E-state index contributed by atoms with van der Waals surface area (Å²) in [5.74, 6) is -0.162. The fraction of sp³-hybridized carbons (Fsp3) is 0.579. The molecule has 0 aromatic heterocycles. The van der Waals surface area contributed by atoms with E-state index in [9.17, 15) is 9.59 Å². The van der Waals surface area contributed by atoms with E-state index in [1.807, 2.05) is 45.9 Å². The predicted molar refractivity (Wildman–Crippen MR) is 91.8 cm³/mol. The summed E-state index contributed by atoms with van der Waals surface area (Å²) in [6.45, 7) is 7.75. The standard InChI is InChI=1S/C19H28N2O2/c1-14-9-8-12-16(13-14)18(23)21(19(2,3)4)20-17(22)15-10-6-5-7-11-15/h8-9,12-13,15H,5-7,10-11H2,1-4H3,(H,20,22). The van der Waals surface area contributed by atoms with Gasteiger partial charge in [0.25, 0.3) is 5.91 Å². The number of amides is 2. The fourth-order valence-electron chi connectivity index (χ4n) is 3.00. The molecule has 0 unspecified atom stereocenters. The lowest BCUT2D eigenvalue weighted by molar-refractivity contribution is -0.131. The van der Waals surface area contributed by atoms with Gasteiger partial charge in [-0.15, -0.1) is 0 Å². The molecule has 1 saturated carbocycles. The Balaban J connectivity index is 2.17. The smallest absolute Gasteiger partial charge is 0.272 e. The zero-order valence-corrected chi connectivity index (χ0v) is 14.7. The van der Waals surface area contributed by atoms with Crippen molar-refractivity contribution in [2.45, 2.75) is 65.3 Å². The van der Waals surface area contributed by atoms with Crippen LogP contribution < -0.4 is 5.43 Å². The molecule has 126 valence electrons. The van der Waals surface area contributed by atoms with Gasteiger partial charge in [0.15, 0.2) is 0 Å². The number of benzene rings is 1. The van der Waals surface area contributed by atoms with E-state index < -0.39 is 5.54 Å². The van der Waals surface area contributed by atoms with Crippen molar-refractivity contribution in [3.63, 3.8) is 0 Å². The van der Waals surface area contributed by atoms with Crippen LogP contribution in [-0.2, 0) is 4.79 Å². The van der Waals surface area contributed by atoms with E-state index in [0.717, 1.165) is 31.2 Å². The zero-order valence-electron chi connectivity index (χ0n) is 14.7. The number of hydrazine groups is 1. The van der Waals surface area contributed by atoms with Crippen molar-refractivity contribution in [3.8, 4) is 0 Å². The number of rotatable bonds is 2. The molecule has 1 aromatic carbocycles. The number of nitrogens with zero attached hydrogens (tertiary/aromatic N) is 1. The number of hydrogen-bond acceptors (Lipinski definition) is 2. The van der Waals surface area contributed by atoms with Gasteiger partial charge in [-0.1, -0.05) is 37.0 Å². The highest BCUT2D eigenvalue weighted by Crippen LogP contribution is 2.24. The molecule has 4 nitrogen and oxygen atoms in total. The first-order chi connectivity index (χ1) is 10.8. The Morgan fingerprint density at radius 2 is 1.78 bits per heavy atom. The maximum Gasteiger partial charge on any atom is 0.272 e. The second kappa shape index (κ2) is 7.16. The van der Waals surface area contributed by atoms with Gasteiger partial charge in [0, 0.05) is 11.5 Å². The van der Waals surface area contributed by atoms with Crippen LogP contribution >= 0.6 is 0 Å². The molecular formula is C19H28N2O2. The second-order valence-corrected chi connectivity index (χ2v) is 7.49. The second-order valence-electron chi connectivity index (χ2n) is 7.49. The lowest BCUT2D eigenvalue weighted by atomic mass is 9.89. The van der Waals surface area contributed by atoms with E-state index in [1.165, 1.54) is 11.4 Å². The number of hydrogen-bond donors (Lipinski definition) is 1. The third kappa shape index (κ3) is 4.57. The Hall–Kier alpha value is -1.84. The summed E-state index contributed by atoms with van der Waals surface area (Å²) < 4.78 is 0. The van der Waals surface area contributed by atoms with Crippen LogP contribution in [0.3, 0.4) is 0 Å². The number of nitrogens with one attached hydrogen (secondary N) is 1. The first kappa shape index (κ1) is 17.5. The molecule has 0 heterocycles. The van der Waals surface area contributed by atoms with Crippen LogP contribution in [0.5, 0.6) is 0 Å². The van der Waals surface area contributed by atoms with Crippen LogP contribution in [0.25, 0.3) is 0 Å². The molecule has 0 radical (unpaired) electrons. The summed E-state index contributed by atoms with van der Waals surface area (Å²) >= 11 is 0. The fourth-order valence-corrected chi connectivity index (χ4v) is 3.00. The predicted octanol–water partition coefficient (Wildman–Crippen LogP) is 3.85. The van der Waals surface area contributed by atoms with Gasteiger partial charge in [0.2, 0.25) is 5.91 Å². The molecule has 4 heteroatoms. The first-order valence-electron chi connectivity index (χ1n) is 8.51. The summed E-state index contributed by atoms with van der Waals surface area (Å²) in [6.07, 6.45) is 5.23. The summed E-state index contributed by atoms with van der Waals surface area (Å²) in [6, 6.07) is 7.47. The van der Waals surface area contributed by atoms with Crippen LogP contribution in [-0.4, -0.2) is 22.4 Å². The third-order valence-corrected chi connectivity index (χ3v) is 4.34. The summed E-state index contributed by atoms with van der Waals surface area (Å²) in [7, 11) is 0. The molecule has 1 aliphatic carbocycles. The van der Waals surface area contributed by atoms with Crippen molar-refractivity contribution in [2.75, 3.05) is 0 Å². The normalized spacial score (nSPS) is 16.0. The van der Waals surface area contributed by atoms with Crippen LogP contribution in [0.15, 0.2) is 24.3 Å². The van der Waals surface area contributed by atoms with Crippen molar-refractivity contribution in [1.82, 2.24) is 10.4 Å². The van der Waals surface area contributed by atoms with Gasteiger partial charge < -0.3 is 0 Å². The van der Waals surface area contributed by atoms with Gasteiger partial charge in [-0.25, -0.2) is 5.01 Å². The maximum absolute atomic E-state index is 12.9. The minimum absolute atomic E-state index is 0.0268. The molecule has 0 atom stereocenters. The van der Waals surface area contributed by atoms with E-state index in [1.54, 1.807) is 6.07 Å². The third-order valence-electron chi connectivity index (χ3n) is 4.34. The average Bonchev–Trinajstić information content (AvgIpc) is 2.51. The Morgan fingerprint density at radius 3 is 2.35 bits per heavy atom. The molecule has 0 bridgehead atoms. The summed E-state index contributed by atoms with van der Waals surface area (Å²) in [4.78, 5) is 25.4. The highest BCUT2D eigenvalue weighted by atomic mass is 16.2. The van der Waals surface area contributed by atoms with Crippen molar-refractivity contribution in [1.29, 1.82) is 0 Å². The number of carbonyl (C=O) groups is 2. The van der Waals surface area contributed by atoms with Crippen LogP contribution in [0.1, 0.15) is 68.8 Å². The van der Waals surface area contributed by atoms with Crippen molar-refractivity contribution in [2.24, 2.45) is 5.92 Å². The molecule has 0 aliphatic heterocycles. The molecule has 23 heavy (non-hydrogen) atoms. The Bertz CT molecular complexity index is 569. The lowest BCUT2D eigenvalue weighted by Crippen LogP contribution is -2.57. The Kier molecular flexibility index (Phi) is 5.45. The highest BCUT2D eigenvalue weighted by Gasteiger charge is 2.31. The molecule has 1 fully saturated rings. The Labute approximate surface area is 139 Å². The van der Waals surface area contributed by atoms with Gasteiger partial charge in [-0.05, 0) is 52.7 Å². The van der Waals surface area contributed by atoms with Crippen LogP contribution in [0, 0.1) is 12.8 Å². The molecule has 1 aliphatic rings. The number of aryl methyl sites for hydroxylation is 1. The molecular weight excluding hydrogens is 288 g/mol. The molecule has 1 aromatic rings. The largest absolute Gasteiger partial charge is 0.273 e. The van der Waals surface area contributed by atoms with E-state index in [4.69, 9.17) is 0 Å². The van der Waals surface area contributed by atoms with Gasteiger partial charge >= 0.3 is 0 Å². The highest BCUT2D eigenvalue weighted by molar-refractivity contribution is 5.96. The van der Waals surface area contributed by atoms with Crippen LogP contribution in [0.2, 0.25) is 0 Å². The first-order valence-corrected chi connectivity index (χ1v) is 8.51. The summed E-state index contributed by atoms with van der Waals surface area (Å²) in [5, 5.41) is 1.48. The quantitative estimate of drug-likeness (QED) is 0.843. The average molecular weight is 316 g/mol. The maximum atomic E-state index is 12.9. The van der Waals surface area contributed by atoms with Crippen LogP contribution in [0.4, 0.5) is 0 Å². The van der Waals surface area contributed by atoms with Gasteiger partial charge in [0.1, 0.15) is 0 Å². The van der Waals surface area contributed by atoms with Crippen molar-refractivity contribution >= 4 is 11.8 Å². The monoisotopic (exact) mass is 316 g/mol. The minimum Gasteiger partial charge on any atom is -0.273 e. The van der Waals surface area contributed by atoms with E-state index >= 15 is 0 Å². The van der Waals surface area contributed by atoms with Crippen molar-refractivity contribution < 1.29 is 9.59 Å². The molecule has 0 spiro atoms. The molecule has 2 rings (SSSR count).